The SMILES string of the molecule is O=C(Nc1ccccc1)C(Sc1nnc(-c2ccncc2)n1Cc1ccccc1)C(F)(F)F. The van der Waals surface area contributed by atoms with Gasteiger partial charge < -0.3 is 5.32 Å². The van der Waals surface area contributed by atoms with Crippen molar-refractivity contribution in [1.82, 2.24) is 19.7 Å². The van der Waals surface area contributed by atoms with E-state index in [4.69, 9.17) is 0 Å². The van der Waals surface area contributed by atoms with E-state index in [1.54, 1.807) is 47.3 Å². The summed E-state index contributed by atoms with van der Waals surface area (Å²) in [5.41, 5.74) is 1.78. The normalized spacial score (nSPS) is 12.3. The fourth-order valence-electron chi connectivity index (χ4n) is 3.10. The van der Waals surface area contributed by atoms with Gasteiger partial charge in [-0.05, 0) is 29.8 Å². The quantitative estimate of drug-likeness (QED) is 0.384. The molecule has 0 fully saturated rings. The summed E-state index contributed by atoms with van der Waals surface area (Å²) in [4.78, 5) is 16.6. The molecule has 0 spiro atoms. The molecule has 33 heavy (non-hydrogen) atoms. The van der Waals surface area contributed by atoms with Gasteiger partial charge >= 0.3 is 6.18 Å². The lowest BCUT2D eigenvalue weighted by Crippen LogP contribution is -2.38. The largest absolute Gasteiger partial charge is 0.409 e. The zero-order valence-electron chi connectivity index (χ0n) is 17.1. The molecule has 0 saturated carbocycles. The number of carbonyl (C=O) groups excluding carboxylic acids is 1. The van der Waals surface area contributed by atoms with Crippen LogP contribution in [-0.2, 0) is 11.3 Å². The van der Waals surface area contributed by atoms with Gasteiger partial charge in [0, 0.05) is 23.6 Å². The smallest absolute Gasteiger partial charge is 0.325 e. The number of para-hydroxylation sites is 1. The summed E-state index contributed by atoms with van der Waals surface area (Å²) in [6, 6.07) is 20.6. The van der Waals surface area contributed by atoms with Crippen LogP contribution in [0.15, 0.2) is 90.3 Å². The zero-order chi connectivity index (χ0) is 23.3. The van der Waals surface area contributed by atoms with E-state index in [-0.39, 0.29) is 17.4 Å². The van der Waals surface area contributed by atoms with Crippen molar-refractivity contribution in [2.24, 2.45) is 0 Å². The highest BCUT2D eigenvalue weighted by Gasteiger charge is 2.47. The van der Waals surface area contributed by atoms with Gasteiger partial charge in [0.1, 0.15) is 0 Å². The number of alkyl halides is 3. The molecule has 1 N–H and O–H groups in total. The predicted octanol–water partition coefficient (Wildman–Crippen LogP) is 5.05. The lowest BCUT2D eigenvalue weighted by atomic mass is 10.2. The van der Waals surface area contributed by atoms with Crippen molar-refractivity contribution >= 4 is 23.4 Å². The van der Waals surface area contributed by atoms with Gasteiger partial charge in [-0.2, -0.15) is 13.2 Å². The standard InChI is InChI=1S/C23H18F3N5OS/c24-23(25,26)19(21(32)28-18-9-5-2-6-10-18)33-22-30-29-20(17-11-13-27-14-12-17)31(22)15-16-7-3-1-4-8-16/h1-14,19H,15H2,(H,28,32). The number of aromatic nitrogens is 4. The highest BCUT2D eigenvalue weighted by atomic mass is 32.2. The number of hydrogen-bond donors (Lipinski definition) is 1. The first kappa shape index (κ1) is 22.5. The summed E-state index contributed by atoms with van der Waals surface area (Å²) in [6.07, 6.45) is -1.67. The van der Waals surface area contributed by atoms with Gasteiger partial charge in [0.05, 0.1) is 6.54 Å². The molecule has 2 aromatic heterocycles. The topological polar surface area (TPSA) is 72.7 Å². The second-order valence-corrected chi connectivity index (χ2v) is 8.08. The van der Waals surface area contributed by atoms with Crippen molar-refractivity contribution in [1.29, 1.82) is 0 Å². The van der Waals surface area contributed by atoms with Crippen LogP contribution in [0.4, 0.5) is 18.9 Å². The highest BCUT2D eigenvalue weighted by Crippen LogP contribution is 2.37. The first-order valence-corrected chi connectivity index (χ1v) is 10.8. The molecule has 4 rings (SSSR count). The number of anilines is 1. The minimum absolute atomic E-state index is 0.0174. The Hall–Kier alpha value is -3.66. The molecule has 0 saturated heterocycles. The molecular weight excluding hydrogens is 451 g/mol. The Morgan fingerprint density at radius 2 is 1.58 bits per heavy atom. The molecular formula is C23H18F3N5OS. The van der Waals surface area contributed by atoms with Crippen LogP contribution in [0, 0.1) is 0 Å². The molecule has 1 atom stereocenters. The molecule has 4 aromatic rings. The number of amides is 1. The minimum Gasteiger partial charge on any atom is -0.325 e. The molecule has 1 amide bonds. The Balaban J connectivity index is 1.68. The van der Waals surface area contributed by atoms with E-state index in [0.717, 1.165) is 5.56 Å². The first-order chi connectivity index (χ1) is 15.9. The number of thioether (sulfide) groups is 1. The molecule has 6 nitrogen and oxygen atoms in total. The Morgan fingerprint density at radius 1 is 0.939 bits per heavy atom. The molecule has 0 aliphatic heterocycles. The minimum atomic E-state index is -4.80. The van der Waals surface area contributed by atoms with Gasteiger partial charge in [-0.1, -0.05) is 60.3 Å². The van der Waals surface area contributed by atoms with Crippen LogP contribution in [0.1, 0.15) is 5.56 Å². The van der Waals surface area contributed by atoms with E-state index in [2.05, 4.69) is 20.5 Å². The Kier molecular flexibility index (Phi) is 6.74. The van der Waals surface area contributed by atoms with Gasteiger partial charge in [0.2, 0.25) is 5.91 Å². The molecule has 1 unspecified atom stereocenters. The summed E-state index contributed by atoms with van der Waals surface area (Å²) in [5, 5.41) is 8.07. The number of halogens is 3. The molecule has 0 aliphatic rings. The third kappa shape index (κ3) is 5.58. The van der Waals surface area contributed by atoms with Crippen molar-refractivity contribution in [2.45, 2.75) is 23.1 Å². The van der Waals surface area contributed by atoms with E-state index in [1.165, 1.54) is 12.1 Å². The van der Waals surface area contributed by atoms with Crippen LogP contribution in [0.3, 0.4) is 0 Å². The van der Waals surface area contributed by atoms with Gasteiger partial charge in [-0.3, -0.25) is 14.3 Å². The number of nitrogens with zero attached hydrogens (tertiary/aromatic N) is 4. The van der Waals surface area contributed by atoms with E-state index < -0.39 is 17.3 Å². The van der Waals surface area contributed by atoms with E-state index in [9.17, 15) is 18.0 Å². The third-order valence-electron chi connectivity index (χ3n) is 4.64. The van der Waals surface area contributed by atoms with Gasteiger partial charge in [0.25, 0.3) is 0 Å². The second-order valence-electron chi connectivity index (χ2n) is 7.01. The maximum atomic E-state index is 13.9. The highest BCUT2D eigenvalue weighted by molar-refractivity contribution is 8.00. The number of benzene rings is 2. The predicted molar refractivity (Wildman–Crippen MR) is 120 cm³/mol. The zero-order valence-corrected chi connectivity index (χ0v) is 17.9. The first-order valence-electron chi connectivity index (χ1n) is 9.88. The number of carbonyl (C=O) groups is 1. The van der Waals surface area contributed by atoms with Crippen LogP contribution in [0.2, 0.25) is 0 Å². The molecule has 10 heteroatoms. The van der Waals surface area contributed by atoms with Gasteiger partial charge in [0.15, 0.2) is 16.2 Å². The van der Waals surface area contributed by atoms with Crippen molar-refractivity contribution in [3.63, 3.8) is 0 Å². The summed E-state index contributed by atoms with van der Waals surface area (Å²) in [5.74, 6) is -0.799. The van der Waals surface area contributed by atoms with Crippen LogP contribution >= 0.6 is 11.8 Å². The lowest BCUT2D eigenvalue weighted by molar-refractivity contribution is -0.146. The van der Waals surface area contributed by atoms with Crippen LogP contribution in [0.25, 0.3) is 11.4 Å². The van der Waals surface area contributed by atoms with Crippen LogP contribution in [0.5, 0.6) is 0 Å². The van der Waals surface area contributed by atoms with Crippen molar-refractivity contribution in [3.05, 3.63) is 90.8 Å². The van der Waals surface area contributed by atoms with E-state index in [1.807, 2.05) is 30.3 Å². The van der Waals surface area contributed by atoms with Crippen LogP contribution in [-0.4, -0.2) is 37.1 Å². The van der Waals surface area contributed by atoms with Crippen molar-refractivity contribution in [3.8, 4) is 11.4 Å². The Labute approximate surface area is 191 Å². The number of rotatable bonds is 7. The average molecular weight is 469 g/mol. The van der Waals surface area contributed by atoms with Crippen molar-refractivity contribution in [2.75, 3.05) is 5.32 Å². The average Bonchev–Trinajstić information content (AvgIpc) is 3.20. The summed E-state index contributed by atoms with van der Waals surface area (Å²) in [6.45, 7) is 0.235. The fraction of sp³-hybridized carbons (Fsp3) is 0.130. The van der Waals surface area contributed by atoms with E-state index in [0.29, 0.717) is 23.1 Å². The maximum Gasteiger partial charge on any atom is 0.409 e. The molecule has 168 valence electrons. The summed E-state index contributed by atoms with van der Waals surface area (Å²) >= 11 is 0.321. The lowest BCUT2D eigenvalue weighted by Gasteiger charge is -2.19. The number of nitrogens with one attached hydrogen (secondary N) is 1. The molecule has 0 aliphatic carbocycles. The van der Waals surface area contributed by atoms with Crippen molar-refractivity contribution < 1.29 is 18.0 Å². The Bertz CT molecular complexity index is 1200. The molecule has 0 bridgehead atoms. The third-order valence-corrected chi connectivity index (χ3v) is 5.87. The summed E-state index contributed by atoms with van der Waals surface area (Å²) in [7, 11) is 0. The molecule has 0 radical (unpaired) electrons. The summed E-state index contributed by atoms with van der Waals surface area (Å²) < 4.78 is 43.3. The van der Waals surface area contributed by atoms with Gasteiger partial charge in [-0.15, -0.1) is 10.2 Å². The number of hydrogen-bond acceptors (Lipinski definition) is 5. The van der Waals surface area contributed by atoms with Crippen LogP contribution < -0.4 is 5.32 Å². The van der Waals surface area contributed by atoms with E-state index >= 15 is 0 Å². The fourth-order valence-corrected chi connectivity index (χ4v) is 3.98. The molecule has 2 aromatic carbocycles. The maximum absolute atomic E-state index is 13.9. The number of pyridine rings is 1. The monoisotopic (exact) mass is 469 g/mol. The molecule has 2 heterocycles. The van der Waals surface area contributed by atoms with Gasteiger partial charge in [-0.25, -0.2) is 0 Å². The Morgan fingerprint density at radius 3 is 2.21 bits per heavy atom. The second kappa shape index (κ2) is 9.86.